The van der Waals surface area contributed by atoms with E-state index < -0.39 is 6.04 Å². The van der Waals surface area contributed by atoms with Crippen molar-refractivity contribution >= 4 is 22.6 Å². The van der Waals surface area contributed by atoms with Crippen LogP contribution >= 0.6 is 0 Å². The number of hydrogen-bond acceptors (Lipinski definition) is 4. The topological polar surface area (TPSA) is 88.5 Å². The molecule has 2 heterocycles. The molecule has 0 saturated heterocycles. The zero-order valence-electron chi connectivity index (χ0n) is 10.2. The lowest BCUT2D eigenvalue weighted by atomic mass is 10.2. The predicted molar refractivity (Wildman–Crippen MR) is 69.5 cm³/mol. The molecule has 3 aromatic rings. The molecule has 1 atom stereocenters. The van der Waals surface area contributed by atoms with Gasteiger partial charge in [-0.3, -0.25) is 9.89 Å². The average Bonchev–Trinajstić information content (AvgIpc) is 3.08. The van der Waals surface area contributed by atoms with E-state index in [1.54, 1.807) is 6.92 Å². The highest BCUT2D eigenvalue weighted by molar-refractivity contribution is 6.00. The van der Waals surface area contributed by atoms with E-state index in [0.29, 0.717) is 5.82 Å². The molecule has 19 heavy (non-hydrogen) atoms. The minimum atomic E-state index is -0.446. The highest BCUT2D eigenvalue weighted by Gasteiger charge is 2.17. The number of amides is 1. The molecule has 0 aliphatic rings. The van der Waals surface area contributed by atoms with Gasteiger partial charge in [-0.05, 0) is 19.1 Å². The summed E-state index contributed by atoms with van der Waals surface area (Å²) in [6.45, 7) is 1.75. The minimum absolute atomic E-state index is 0.192. The van der Waals surface area contributed by atoms with Crippen LogP contribution < -0.4 is 5.32 Å². The monoisotopic (exact) mass is 256 g/mol. The number of anilines is 1. The Labute approximate surface area is 108 Å². The van der Waals surface area contributed by atoms with Crippen LogP contribution in [0.3, 0.4) is 0 Å². The number of rotatable bonds is 3. The molecule has 2 N–H and O–H groups in total. The number of para-hydroxylation sites is 1. The third-order valence-corrected chi connectivity index (χ3v) is 2.92. The first-order valence-electron chi connectivity index (χ1n) is 5.84. The Morgan fingerprint density at radius 2 is 2.26 bits per heavy atom. The number of hydrogen-bond donors (Lipinski definition) is 2. The van der Waals surface area contributed by atoms with E-state index in [1.807, 2.05) is 24.3 Å². The molecule has 0 radical (unpaired) electrons. The molecule has 0 bridgehead atoms. The summed E-state index contributed by atoms with van der Waals surface area (Å²) < 4.78 is 1.49. The maximum Gasteiger partial charge on any atom is 0.250 e. The zero-order chi connectivity index (χ0) is 13.2. The standard InChI is InChI=1S/C12H12N6O/c1-8(18-7-13-6-14-18)12(19)15-11-9-4-2-3-5-10(9)16-17-11/h2-8H,1H3,(H2,15,16,17,19). The summed E-state index contributed by atoms with van der Waals surface area (Å²) in [6, 6.07) is 7.16. The SMILES string of the molecule is CC(C(=O)Nc1n[nH]c2ccccc12)n1cncn1. The molecule has 1 amide bonds. The lowest BCUT2D eigenvalue weighted by Gasteiger charge is -2.10. The molecule has 7 nitrogen and oxygen atoms in total. The molecule has 96 valence electrons. The van der Waals surface area contributed by atoms with Crippen molar-refractivity contribution in [3.63, 3.8) is 0 Å². The third kappa shape index (κ3) is 2.05. The minimum Gasteiger partial charge on any atom is -0.307 e. The number of carbonyl (C=O) groups is 1. The number of carbonyl (C=O) groups excluding carboxylic acids is 1. The molecule has 1 unspecified atom stereocenters. The van der Waals surface area contributed by atoms with Gasteiger partial charge in [-0.2, -0.15) is 10.2 Å². The summed E-state index contributed by atoms with van der Waals surface area (Å²) in [5.74, 6) is 0.329. The number of aromatic amines is 1. The van der Waals surface area contributed by atoms with Gasteiger partial charge in [-0.15, -0.1) is 0 Å². The maximum absolute atomic E-state index is 12.1. The number of nitrogens with zero attached hydrogens (tertiary/aromatic N) is 4. The molecule has 0 saturated carbocycles. The van der Waals surface area contributed by atoms with Crippen molar-refractivity contribution in [2.24, 2.45) is 0 Å². The van der Waals surface area contributed by atoms with Crippen LogP contribution in [-0.2, 0) is 4.79 Å². The van der Waals surface area contributed by atoms with E-state index in [-0.39, 0.29) is 5.91 Å². The van der Waals surface area contributed by atoms with Crippen LogP contribution in [0.2, 0.25) is 0 Å². The smallest absolute Gasteiger partial charge is 0.250 e. The van der Waals surface area contributed by atoms with E-state index >= 15 is 0 Å². The Bertz CT molecular complexity index is 702. The Balaban J connectivity index is 1.83. The summed E-state index contributed by atoms with van der Waals surface area (Å²) >= 11 is 0. The van der Waals surface area contributed by atoms with Crippen LogP contribution in [0.25, 0.3) is 10.9 Å². The van der Waals surface area contributed by atoms with Crippen LogP contribution in [0.5, 0.6) is 0 Å². The highest BCUT2D eigenvalue weighted by Crippen LogP contribution is 2.20. The van der Waals surface area contributed by atoms with Gasteiger partial charge in [0.2, 0.25) is 5.91 Å². The fraction of sp³-hybridized carbons (Fsp3) is 0.167. The van der Waals surface area contributed by atoms with Crippen molar-refractivity contribution in [1.29, 1.82) is 0 Å². The normalized spacial score (nSPS) is 12.5. The lowest BCUT2D eigenvalue weighted by Crippen LogP contribution is -2.24. The van der Waals surface area contributed by atoms with Gasteiger partial charge in [0.1, 0.15) is 18.7 Å². The van der Waals surface area contributed by atoms with Crippen molar-refractivity contribution in [2.45, 2.75) is 13.0 Å². The van der Waals surface area contributed by atoms with Gasteiger partial charge < -0.3 is 5.32 Å². The van der Waals surface area contributed by atoms with Gasteiger partial charge in [0.15, 0.2) is 5.82 Å². The van der Waals surface area contributed by atoms with Gasteiger partial charge in [-0.1, -0.05) is 12.1 Å². The third-order valence-electron chi connectivity index (χ3n) is 2.92. The lowest BCUT2D eigenvalue weighted by molar-refractivity contribution is -0.119. The number of H-pyrrole nitrogens is 1. The maximum atomic E-state index is 12.1. The molecule has 0 fully saturated rings. The van der Waals surface area contributed by atoms with Gasteiger partial charge in [0.05, 0.1) is 5.52 Å². The largest absolute Gasteiger partial charge is 0.307 e. The molecule has 7 heteroatoms. The molecular weight excluding hydrogens is 244 g/mol. The first kappa shape index (κ1) is 11.4. The fourth-order valence-corrected chi connectivity index (χ4v) is 1.82. The molecule has 1 aromatic carbocycles. The van der Waals surface area contributed by atoms with Crippen LogP contribution in [0.4, 0.5) is 5.82 Å². The summed E-state index contributed by atoms with van der Waals surface area (Å²) in [4.78, 5) is 15.9. The van der Waals surface area contributed by atoms with Crippen LogP contribution in [0.15, 0.2) is 36.9 Å². The van der Waals surface area contributed by atoms with Gasteiger partial charge >= 0.3 is 0 Å². The van der Waals surface area contributed by atoms with Crippen molar-refractivity contribution in [3.8, 4) is 0 Å². The second kappa shape index (κ2) is 4.52. The van der Waals surface area contributed by atoms with E-state index in [2.05, 4.69) is 25.6 Å². The number of benzene rings is 1. The number of fused-ring (bicyclic) bond motifs is 1. The predicted octanol–water partition coefficient (Wildman–Crippen LogP) is 1.35. The van der Waals surface area contributed by atoms with Crippen LogP contribution in [0, 0.1) is 0 Å². The fourth-order valence-electron chi connectivity index (χ4n) is 1.82. The Kier molecular flexibility index (Phi) is 2.71. The summed E-state index contributed by atoms with van der Waals surface area (Å²) in [5.41, 5.74) is 0.881. The van der Waals surface area contributed by atoms with E-state index in [9.17, 15) is 4.79 Å². The van der Waals surface area contributed by atoms with Gasteiger partial charge in [0.25, 0.3) is 0 Å². The Hall–Kier alpha value is -2.70. The van der Waals surface area contributed by atoms with Crippen molar-refractivity contribution in [3.05, 3.63) is 36.9 Å². The van der Waals surface area contributed by atoms with E-state index in [4.69, 9.17) is 0 Å². The first-order valence-corrected chi connectivity index (χ1v) is 5.84. The quantitative estimate of drug-likeness (QED) is 0.740. The zero-order valence-corrected chi connectivity index (χ0v) is 10.2. The highest BCUT2D eigenvalue weighted by atomic mass is 16.2. The molecular formula is C12H12N6O. The van der Waals surface area contributed by atoms with E-state index in [0.717, 1.165) is 10.9 Å². The molecule has 3 rings (SSSR count). The summed E-state index contributed by atoms with van der Waals surface area (Å²) in [6.07, 6.45) is 2.90. The molecule has 0 spiro atoms. The second-order valence-corrected chi connectivity index (χ2v) is 4.16. The van der Waals surface area contributed by atoms with Gasteiger partial charge in [0, 0.05) is 5.39 Å². The van der Waals surface area contributed by atoms with Crippen molar-refractivity contribution in [2.75, 3.05) is 5.32 Å². The molecule has 2 aromatic heterocycles. The van der Waals surface area contributed by atoms with Crippen molar-refractivity contribution < 1.29 is 4.79 Å². The molecule has 0 aliphatic carbocycles. The average molecular weight is 256 g/mol. The van der Waals surface area contributed by atoms with Crippen LogP contribution in [0.1, 0.15) is 13.0 Å². The van der Waals surface area contributed by atoms with E-state index in [1.165, 1.54) is 17.3 Å². The van der Waals surface area contributed by atoms with Gasteiger partial charge in [-0.25, -0.2) is 9.67 Å². The van der Waals surface area contributed by atoms with Crippen LogP contribution in [-0.4, -0.2) is 30.9 Å². The number of aromatic nitrogens is 5. The Morgan fingerprint density at radius 3 is 3.05 bits per heavy atom. The summed E-state index contributed by atoms with van der Waals surface area (Å²) in [7, 11) is 0. The summed E-state index contributed by atoms with van der Waals surface area (Å²) in [5, 5.41) is 14.6. The molecule has 0 aliphatic heterocycles. The second-order valence-electron chi connectivity index (χ2n) is 4.16. The Morgan fingerprint density at radius 1 is 1.42 bits per heavy atom. The number of nitrogens with one attached hydrogen (secondary N) is 2. The first-order chi connectivity index (χ1) is 9.25. The van der Waals surface area contributed by atoms with Crippen molar-refractivity contribution in [1.82, 2.24) is 25.0 Å².